The third kappa shape index (κ3) is 12.8. The van der Waals surface area contributed by atoms with E-state index >= 15 is 0 Å². The summed E-state index contributed by atoms with van der Waals surface area (Å²) in [5, 5.41) is 0. The van der Waals surface area contributed by atoms with Gasteiger partial charge < -0.3 is 28.4 Å². The summed E-state index contributed by atoms with van der Waals surface area (Å²) in [5.74, 6) is -0.389. The number of hydrogen-bond acceptors (Lipinski definition) is 7. The summed E-state index contributed by atoms with van der Waals surface area (Å²) in [6.45, 7) is 11.3. The molecule has 2 aromatic carbocycles. The molecule has 0 saturated carbocycles. The molecule has 4 atom stereocenters. The van der Waals surface area contributed by atoms with Gasteiger partial charge in [-0.2, -0.15) is 0 Å². The van der Waals surface area contributed by atoms with Crippen LogP contribution in [0.1, 0.15) is 30.9 Å². The minimum absolute atomic E-state index is 0.0163. The molecule has 202 valence electrons. The number of carbonyl (C=O) groups is 1. The summed E-state index contributed by atoms with van der Waals surface area (Å²) in [6, 6.07) is 19.6. The zero-order chi connectivity index (χ0) is 26.7. The summed E-state index contributed by atoms with van der Waals surface area (Å²) in [7, 11) is 1.61. The van der Waals surface area contributed by atoms with Gasteiger partial charge in [-0.15, -0.1) is 13.2 Å². The molecule has 0 aromatic heterocycles. The largest absolute Gasteiger partial charge is 0.462 e. The molecule has 0 N–H and O–H groups in total. The Bertz CT molecular complexity index is 887. The van der Waals surface area contributed by atoms with Gasteiger partial charge in [0.25, 0.3) is 0 Å². The van der Waals surface area contributed by atoms with Gasteiger partial charge in [0.2, 0.25) is 0 Å². The molecular formula is C30H40O7. The van der Waals surface area contributed by atoms with Crippen LogP contribution in [0.5, 0.6) is 0 Å². The smallest absolute Gasteiger partial charge is 0.308 e. The third-order valence-electron chi connectivity index (χ3n) is 5.52. The first kappa shape index (κ1) is 30.4. The van der Waals surface area contributed by atoms with Crippen LogP contribution in [0, 0.1) is 0 Å². The van der Waals surface area contributed by atoms with Crippen molar-refractivity contribution in [2.24, 2.45) is 0 Å². The van der Waals surface area contributed by atoms with Crippen LogP contribution in [0.15, 0.2) is 86.0 Å². The minimum atomic E-state index is -0.568. The molecule has 0 bridgehead atoms. The second-order valence-corrected chi connectivity index (χ2v) is 8.53. The number of methoxy groups -OCH3 is 1. The molecule has 7 nitrogen and oxygen atoms in total. The fraction of sp³-hybridized carbons (Fsp3) is 0.433. The van der Waals surface area contributed by atoms with Crippen molar-refractivity contribution in [2.75, 3.05) is 27.1 Å². The first-order valence-corrected chi connectivity index (χ1v) is 12.5. The Labute approximate surface area is 221 Å². The van der Waals surface area contributed by atoms with Crippen LogP contribution in [-0.4, -0.2) is 57.5 Å². The lowest BCUT2D eigenvalue weighted by Gasteiger charge is -2.26. The van der Waals surface area contributed by atoms with Gasteiger partial charge in [-0.25, -0.2) is 0 Å². The van der Waals surface area contributed by atoms with Gasteiger partial charge in [-0.3, -0.25) is 4.79 Å². The normalized spacial score (nSPS) is 14.3. The first-order chi connectivity index (χ1) is 18.0. The molecule has 0 aliphatic carbocycles. The Kier molecular flexibility index (Phi) is 15.2. The molecule has 0 heterocycles. The van der Waals surface area contributed by atoms with E-state index in [-0.39, 0.29) is 25.3 Å². The van der Waals surface area contributed by atoms with Gasteiger partial charge in [-0.1, -0.05) is 72.8 Å². The van der Waals surface area contributed by atoms with E-state index in [0.29, 0.717) is 32.8 Å². The summed E-state index contributed by atoms with van der Waals surface area (Å²) in [5.41, 5.74) is 2.02. The highest BCUT2D eigenvalue weighted by atomic mass is 16.7. The van der Waals surface area contributed by atoms with Crippen LogP contribution in [0.4, 0.5) is 0 Å². The summed E-state index contributed by atoms with van der Waals surface area (Å²) in [6.07, 6.45) is 2.03. The monoisotopic (exact) mass is 512 g/mol. The number of esters is 1. The topological polar surface area (TPSA) is 72.5 Å². The standard InChI is InChI=1S/C30H40O7/c1-5-27(36-23-33-18-17-32-4)19-24(3)37-30(31)20-29(35-22-26-15-11-8-12-16-26)28(6-2)34-21-25-13-9-7-10-14-25/h5-16,24,27-29H,1-2,17-23H2,3-4H3/t24-,27-,28+,29+/m1/s1. The van der Waals surface area contributed by atoms with E-state index in [9.17, 15) is 4.79 Å². The van der Waals surface area contributed by atoms with E-state index in [0.717, 1.165) is 11.1 Å². The highest BCUT2D eigenvalue weighted by Crippen LogP contribution is 2.17. The van der Waals surface area contributed by atoms with E-state index in [1.807, 2.05) is 67.6 Å². The van der Waals surface area contributed by atoms with E-state index in [4.69, 9.17) is 28.4 Å². The van der Waals surface area contributed by atoms with Crippen molar-refractivity contribution in [3.05, 3.63) is 97.1 Å². The quantitative estimate of drug-likeness (QED) is 0.104. The van der Waals surface area contributed by atoms with Crippen LogP contribution in [0.25, 0.3) is 0 Å². The van der Waals surface area contributed by atoms with Gasteiger partial charge in [0.05, 0.1) is 45.1 Å². The summed E-state index contributed by atoms with van der Waals surface area (Å²) in [4.78, 5) is 12.9. The molecule has 0 unspecified atom stereocenters. The van der Waals surface area contributed by atoms with E-state index in [1.165, 1.54) is 0 Å². The molecular weight excluding hydrogens is 472 g/mol. The van der Waals surface area contributed by atoms with Gasteiger partial charge in [0.1, 0.15) is 19.0 Å². The molecule has 7 heteroatoms. The van der Waals surface area contributed by atoms with Crippen LogP contribution < -0.4 is 0 Å². The SMILES string of the molecule is C=C[C@H](C[C@@H](C)OC(=O)C[C@H](OCc1ccccc1)[C@H](C=C)OCc1ccccc1)OCOCCOC. The van der Waals surface area contributed by atoms with Crippen molar-refractivity contribution in [3.8, 4) is 0 Å². The van der Waals surface area contributed by atoms with E-state index < -0.39 is 18.3 Å². The van der Waals surface area contributed by atoms with Crippen LogP contribution in [0.2, 0.25) is 0 Å². The van der Waals surface area contributed by atoms with E-state index in [2.05, 4.69) is 13.2 Å². The maximum absolute atomic E-state index is 12.9. The molecule has 0 fully saturated rings. The van der Waals surface area contributed by atoms with Crippen molar-refractivity contribution < 1.29 is 33.2 Å². The van der Waals surface area contributed by atoms with Gasteiger partial charge in [0.15, 0.2) is 0 Å². The molecule has 0 spiro atoms. The molecule has 2 rings (SSSR count). The zero-order valence-electron chi connectivity index (χ0n) is 22.0. The Hall–Kier alpha value is -2.81. The van der Waals surface area contributed by atoms with Gasteiger partial charge in [0, 0.05) is 13.5 Å². The second kappa shape index (κ2) is 18.4. The fourth-order valence-electron chi connectivity index (χ4n) is 3.52. The molecule has 0 aliphatic heterocycles. The van der Waals surface area contributed by atoms with Crippen molar-refractivity contribution in [1.29, 1.82) is 0 Å². The summed E-state index contributed by atoms with van der Waals surface area (Å²) >= 11 is 0. The molecule has 0 amide bonds. The number of ether oxygens (including phenoxy) is 6. The average Bonchev–Trinajstić information content (AvgIpc) is 2.92. The first-order valence-electron chi connectivity index (χ1n) is 12.5. The molecule has 2 aromatic rings. The predicted molar refractivity (Wildman–Crippen MR) is 143 cm³/mol. The van der Waals surface area contributed by atoms with Crippen molar-refractivity contribution >= 4 is 5.97 Å². The maximum atomic E-state index is 12.9. The third-order valence-corrected chi connectivity index (χ3v) is 5.52. The van der Waals surface area contributed by atoms with Crippen molar-refractivity contribution in [1.82, 2.24) is 0 Å². The molecule has 0 saturated heterocycles. The predicted octanol–water partition coefficient (Wildman–Crippen LogP) is 5.25. The Morgan fingerprint density at radius 3 is 2.05 bits per heavy atom. The number of benzene rings is 2. The van der Waals surface area contributed by atoms with Crippen LogP contribution in [0.3, 0.4) is 0 Å². The highest BCUT2D eigenvalue weighted by Gasteiger charge is 2.26. The summed E-state index contributed by atoms with van der Waals surface area (Å²) < 4.78 is 33.8. The van der Waals surface area contributed by atoms with E-state index in [1.54, 1.807) is 19.3 Å². The Balaban J connectivity index is 1.93. The lowest BCUT2D eigenvalue weighted by Crippen LogP contribution is -2.34. The number of rotatable bonds is 20. The number of hydrogen-bond donors (Lipinski definition) is 0. The van der Waals surface area contributed by atoms with Gasteiger partial charge in [-0.05, 0) is 18.1 Å². The van der Waals surface area contributed by atoms with Crippen molar-refractivity contribution in [2.45, 2.75) is 57.4 Å². The molecule has 37 heavy (non-hydrogen) atoms. The number of carbonyl (C=O) groups excluding carboxylic acids is 1. The molecule has 0 radical (unpaired) electrons. The zero-order valence-corrected chi connectivity index (χ0v) is 22.0. The van der Waals surface area contributed by atoms with Crippen LogP contribution in [-0.2, 0) is 46.4 Å². The van der Waals surface area contributed by atoms with Crippen molar-refractivity contribution in [3.63, 3.8) is 0 Å². The Morgan fingerprint density at radius 2 is 1.49 bits per heavy atom. The maximum Gasteiger partial charge on any atom is 0.308 e. The highest BCUT2D eigenvalue weighted by molar-refractivity contribution is 5.70. The van der Waals surface area contributed by atoms with Gasteiger partial charge >= 0.3 is 5.97 Å². The lowest BCUT2D eigenvalue weighted by atomic mass is 10.1. The molecule has 0 aliphatic rings. The average molecular weight is 513 g/mol. The minimum Gasteiger partial charge on any atom is -0.462 e. The second-order valence-electron chi connectivity index (χ2n) is 8.53. The lowest BCUT2D eigenvalue weighted by molar-refractivity contribution is -0.157. The Morgan fingerprint density at radius 1 is 0.865 bits per heavy atom. The van der Waals surface area contributed by atoms with Crippen LogP contribution >= 0.6 is 0 Å². The fourth-order valence-corrected chi connectivity index (χ4v) is 3.52.